The van der Waals surface area contributed by atoms with Crippen molar-refractivity contribution in [1.29, 1.82) is 0 Å². The Morgan fingerprint density at radius 2 is 2.38 bits per heavy atom. The zero-order chi connectivity index (χ0) is 12.0. The third-order valence-corrected chi connectivity index (χ3v) is 2.36. The number of ether oxygens (including phenoxy) is 2. The molecular formula is C12H14FNO2. The van der Waals surface area contributed by atoms with Crippen LogP contribution in [0.2, 0.25) is 0 Å². The third kappa shape index (κ3) is 2.38. The summed E-state index contributed by atoms with van der Waals surface area (Å²) >= 11 is 0. The SMILES string of the molecule is C#CC(CC)(OCOC)c1ccncc1F. The fourth-order valence-electron chi connectivity index (χ4n) is 1.45. The van der Waals surface area contributed by atoms with E-state index in [9.17, 15) is 4.39 Å². The highest BCUT2D eigenvalue weighted by Gasteiger charge is 2.32. The van der Waals surface area contributed by atoms with E-state index in [1.807, 2.05) is 6.92 Å². The van der Waals surface area contributed by atoms with Gasteiger partial charge in [0.2, 0.25) is 0 Å². The summed E-state index contributed by atoms with van der Waals surface area (Å²) in [6.07, 6.45) is 8.50. The molecular weight excluding hydrogens is 209 g/mol. The van der Waals surface area contributed by atoms with Gasteiger partial charge >= 0.3 is 0 Å². The maximum Gasteiger partial charge on any atom is 0.159 e. The molecule has 0 saturated heterocycles. The summed E-state index contributed by atoms with van der Waals surface area (Å²) < 4.78 is 23.8. The molecule has 4 heteroatoms. The second-order valence-corrected chi connectivity index (χ2v) is 3.23. The van der Waals surface area contributed by atoms with E-state index in [0.29, 0.717) is 12.0 Å². The molecule has 1 unspecified atom stereocenters. The second-order valence-electron chi connectivity index (χ2n) is 3.23. The number of pyridine rings is 1. The van der Waals surface area contributed by atoms with E-state index in [0.717, 1.165) is 6.20 Å². The zero-order valence-corrected chi connectivity index (χ0v) is 9.37. The van der Waals surface area contributed by atoms with E-state index in [1.165, 1.54) is 19.4 Å². The minimum atomic E-state index is -1.09. The summed E-state index contributed by atoms with van der Waals surface area (Å²) in [6.45, 7) is 1.84. The Labute approximate surface area is 94.6 Å². The van der Waals surface area contributed by atoms with Crippen molar-refractivity contribution in [3.05, 3.63) is 29.8 Å². The molecule has 3 nitrogen and oxygen atoms in total. The van der Waals surface area contributed by atoms with Crippen LogP contribution in [-0.2, 0) is 15.1 Å². The fraction of sp³-hybridized carbons (Fsp3) is 0.417. The molecule has 0 aliphatic heterocycles. The molecule has 0 aromatic carbocycles. The largest absolute Gasteiger partial charge is 0.359 e. The molecule has 0 amide bonds. The molecule has 0 aliphatic carbocycles. The number of nitrogens with zero attached hydrogens (tertiary/aromatic N) is 1. The molecule has 1 heterocycles. The lowest BCUT2D eigenvalue weighted by Crippen LogP contribution is -2.29. The van der Waals surface area contributed by atoms with Gasteiger partial charge in [-0.25, -0.2) is 4.39 Å². The van der Waals surface area contributed by atoms with Crippen LogP contribution in [0.5, 0.6) is 0 Å². The van der Waals surface area contributed by atoms with Crippen LogP contribution < -0.4 is 0 Å². The molecule has 0 radical (unpaired) electrons. The molecule has 86 valence electrons. The first-order valence-corrected chi connectivity index (χ1v) is 4.91. The van der Waals surface area contributed by atoms with Crippen molar-refractivity contribution in [1.82, 2.24) is 4.98 Å². The first-order valence-electron chi connectivity index (χ1n) is 4.91. The lowest BCUT2D eigenvalue weighted by Gasteiger charge is -2.27. The first kappa shape index (κ1) is 12.6. The molecule has 16 heavy (non-hydrogen) atoms. The van der Waals surface area contributed by atoms with Gasteiger partial charge in [0.1, 0.15) is 12.6 Å². The van der Waals surface area contributed by atoms with Crippen molar-refractivity contribution in [2.75, 3.05) is 13.9 Å². The van der Waals surface area contributed by atoms with E-state index >= 15 is 0 Å². The predicted molar refractivity (Wildman–Crippen MR) is 58.0 cm³/mol. The van der Waals surface area contributed by atoms with Gasteiger partial charge in [-0.05, 0) is 12.5 Å². The summed E-state index contributed by atoms with van der Waals surface area (Å²) in [4.78, 5) is 3.68. The number of terminal acetylenes is 1. The first-order chi connectivity index (χ1) is 7.70. The van der Waals surface area contributed by atoms with Gasteiger partial charge in [0.25, 0.3) is 0 Å². The molecule has 0 spiro atoms. The van der Waals surface area contributed by atoms with E-state index in [2.05, 4.69) is 10.9 Å². The van der Waals surface area contributed by atoms with Gasteiger partial charge in [0, 0.05) is 18.9 Å². The number of methoxy groups -OCH3 is 1. The Bertz CT molecular complexity index is 389. The Morgan fingerprint density at radius 1 is 1.62 bits per heavy atom. The van der Waals surface area contributed by atoms with Crippen molar-refractivity contribution >= 4 is 0 Å². The highest BCUT2D eigenvalue weighted by atomic mass is 19.1. The van der Waals surface area contributed by atoms with Crippen LogP contribution in [0.3, 0.4) is 0 Å². The Hall–Kier alpha value is -1.44. The minimum absolute atomic E-state index is 0.0137. The summed E-state index contributed by atoms with van der Waals surface area (Å²) in [5.41, 5.74) is -0.784. The third-order valence-electron chi connectivity index (χ3n) is 2.36. The molecule has 1 rings (SSSR count). The predicted octanol–water partition coefficient (Wildman–Crippen LogP) is 2.08. The molecule has 0 N–H and O–H groups in total. The van der Waals surface area contributed by atoms with Gasteiger partial charge in [0.05, 0.1) is 6.20 Å². The van der Waals surface area contributed by atoms with Crippen LogP contribution in [-0.4, -0.2) is 18.9 Å². The lowest BCUT2D eigenvalue weighted by atomic mass is 9.92. The molecule has 1 atom stereocenters. The molecule has 0 saturated carbocycles. The maximum atomic E-state index is 13.6. The normalized spacial score (nSPS) is 14.1. The van der Waals surface area contributed by atoms with Crippen LogP contribution >= 0.6 is 0 Å². The van der Waals surface area contributed by atoms with Gasteiger partial charge in [-0.2, -0.15) is 0 Å². The van der Waals surface area contributed by atoms with Gasteiger partial charge in [-0.15, -0.1) is 6.42 Å². The molecule has 0 fully saturated rings. The highest BCUT2D eigenvalue weighted by molar-refractivity contribution is 5.30. The van der Waals surface area contributed by atoms with Crippen molar-refractivity contribution in [3.63, 3.8) is 0 Å². The second kappa shape index (κ2) is 5.59. The molecule has 0 aliphatic rings. The van der Waals surface area contributed by atoms with Crippen molar-refractivity contribution in [3.8, 4) is 12.3 Å². The van der Waals surface area contributed by atoms with Crippen LogP contribution in [0.4, 0.5) is 4.39 Å². The minimum Gasteiger partial charge on any atom is -0.359 e. The number of hydrogen-bond acceptors (Lipinski definition) is 3. The van der Waals surface area contributed by atoms with Gasteiger partial charge in [-0.3, -0.25) is 4.98 Å². The Balaban J connectivity index is 3.11. The summed E-state index contributed by atoms with van der Waals surface area (Å²) in [5.74, 6) is 2.01. The van der Waals surface area contributed by atoms with E-state index in [4.69, 9.17) is 15.9 Å². The summed E-state index contributed by atoms with van der Waals surface area (Å²) in [6, 6.07) is 1.52. The topological polar surface area (TPSA) is 31.4 Å². The summed E-state index contributed by atoms with van der Waals surface area (Å²) in [5, 5.41) is 0. The van der Waals surface area contributed by atoms with Crippen molar-refractivity contribution in [2.45, 2.75) is 18.9 Å². The fourth-order valence-corrected chi connectivity index (χ4v) is 1.45. The zero-order valence-electron chi connectivity index (χ0n) is 9.37. The van der Waals surface area contributed by atoms with E-state index < -0.39 is 11.4 Å². The average Bonchev–Trinajstić information content (AvgIpc) is 2.33. The highest BCUT2D eigenvalue weighted by Crippen LogP contribution is 2.30. The Kier molecular flexibility index (Phi) is 4.41. The van der Waals surface area contributed by atoms with Crippen LogP contribution in [0.25, 0.3) is 0 Å². The van der Waals surface area contributed by atoms with Gasteiger partial charge < -0.3 is 9.47 Å². The van der Waals surface area contributed by atoms with Gasteiger partial charge in [0.15, 0.2) is 5.60 Å². The van der Waals surface area contributed by atoms with E-state index in [1.54, 1.807) is 0 Å². The number of aromatic nitrogens is 1. The summed E-state index contributed by atoms with van der Waals surface area (Å²) in [7, 11) is 1.49. The monoisotopic (exact) mass is 223 g/mol. The van der Waals surface area contributed by atoms with Crippen LogP contribution in [0.15, 0.2) is 18.5 Å². The van der Waals surface area contributed by atoms with Crippen molar-refractivity contribution < 1.29 is 13.9 Å². The average molecular weight is 223 g/mol. The van der Waals surface area contributed by atoms with E-state index in [-0.39, 0.29) is 6.79 Å². The van der Waals surface area contributed by atoms with Crippen molar-refractivity contribution in [2.24, 2.45) is 0 Å². The molecule has 1 aromatic rings. The standard InChI is InChI=1S/C12H14FNO2/c1-4-12(5-2,16-9-15-3)10-6-7-14-8-11(10)13/h1,6-8H,5,9H2,2-3H3. The quantitative estimate of drug-likeness (QED) is 0.565. The number of rotatable bonds is 5. The van der Waals surface area contributed by atoms with Gasteiger partial charge in [-0.1, -0.05) is 12.8 Å². The molecule has 1 aromatic heterocycles. The smallest absolute Gasteiger partial charge is 0.159 e. The maximum absolute atomic E-state index is 13.6. The lowest BCUT2D eigenvalue weighted by molar-refractivity contribution is -0.110. The number of halogens is 1. The Morgan fingerprint density at radius 3 is 2.88 bits per heavy atom. The molecule has 0 bridgehead atoms. The van der Waals surface area contributed by atoms with Crippen LogP contribution in [0, 0.1) is 18.2 Å². The number of hydrogen-bond donors (Lipinski definition) is 0. The van der Waals surface area contributed by atoms with Crippen LogP contribution in [0.1, 0.15) is 18.9 Å².